The summed E-state index contributed by atoms with van der Waals surface area (Å²) < 4.78 is 14.1. The van der Waals surface area contributed by atoms with Gasteiger partial charge >= 0.3 is 7.38 Å². The Morgan fingerprint density at radius 3 is 2.50 bits per heavy atom. The van der Waals surface area contributed by atoms with Gasteiger partial charge in [-0.2, -0.15) is 0 Å². The molecule has 1 radical (unpaired) electrons. The third kappa shape index (κ3) is 4.35. The third-order valence-corrected chi connectivity index (χ3v) is 0.985. The summed E-state index contributed by atoms with van der Waals surface area (Å²) in [4.78, 5) is 0. The van der Waals surface area contributed by atoms with Gasteiger partial charge < -0.3 is 0 Å². The SMILES string of the molecule is CCO[P](=O)Cl. The minimum atomic E-state index is -1.88. The third-order valence-electron chi connectivity index (χ3n) is 0.231. The zero-order chi connectivity index (χ0) is 4.99. The van der Waals surface area contributed by atoms with E-state index < -0.39 is 7.38 Å². The smallest absolute Gasteiger partial charge is 0.293 e. The summed E-state index contributed by atoms with van der Waals surface area (Å²) in [6.45, 7) is 2.15. The van der Waals surface area contributed by atoms with Gasteiger partial charge in [0, 0.05) is 11.2 Å². The first-order valence-electron chi connectivity index (χ1n) is 1.53. The van der Waals surface area contributed by atoms with E-state index in [1.54, 1.807) is 6.92 Å². The second-order valence-electron chi connectivity index (χ2n) is 0.630. The molecular formula is C2H5ClO2P. The highest BCUT2D eigenvalue weighted by molar-refractivity contribution is 7.69. The van der Waals surface area contributed by atoms with Crippen LogP contribution in [0.5, 0.6) is 0 Å². The highest BCUT2D eigenvalue weighted by atomic mass is 35.7. The molecule has 0 amide bonds. The van der Waals surface area contributed by atoms with E-state index in [2.05, 4.69) is 4.52 Å². The van der Waals surface area contributed by atoms with Gasteiger partial charge in [-0.1, -0.05) is 0 Å². The quantitative estimate of drug-likeness (QED) is 0.530. The average molecular weight is 127 g/mol. The molecule has 0 aliphatic heterocycles. The lowest BCUT2D eigenvalue weighted by atomic mass is 10.9. The Bertz CT molecular complexity index is 55.5. The van der Waals surface area contributed by atoms with Crippen molar-refractivity contribution in [3.05, 3.63) is 0 Å². The minimum Gasteiger partial charge on any atom is -0.293 e. The second-order valence-corrected chi connectivity index (χ2v) is 2.14. The molecule has 0 spiro atoms. The summed E-state index contributed by atoms with van der Waals surface area (Å²) in [5.41, 5.74) is 0. The van der Waals surface area contributed by atoms with E-state index in [0.29, 0.717) is 6.61 Å². The second kappa shape index (κ2) is 3.54. The summed E-state index contributed by atoms with van der Waals surface area (Å²) in [5, 5.41) is 0. The Hall–Kier alpha value is 0.350. The topological polar surface area (TPSA) is 26.3 Å². The monoisotopic (exact) mass is 127 g/mol. The molecule has 0 rings (SSSR count). The molecule has 0 bridgehead atoms. The van der Waals surface area contributed by atoms with Gasteiger partial charge in [-0.3, -0.25) is 4.52 Å². The van der Waals surface area contributed by atoms with Gasteiger partial charge in [0.2, 0.25) is 0 Å². The summed E-state index contributed by atoms with van der Waals surface area (Å²) in [6.07, 6.45) is 0. The molecule has 0 aromatic carbocycles. The Balaban J connectivity index is 2.83. The normalized spacial score (nSPS) is 11.3. The zero-order valence-electron chi connectivity index (χ0n) is 3.35. The fraction of sp³-hybridized carbons (Fsp3) is 1.00. The highest BCUT2D eigenvalue weighted by Crippen LogP contribution is 2.26. The molecule has 4 heteroatoms. The molecule has 37 valence electrons. The lowest BCUT2D eigenvalue weighted by molar-refractivity contribution is 0.361. The highest BCUT2D eigenvalue weighted by Gasteiger charge is 1.85. The van der Waals surface area contributed by atoms with E-state index in [1.165, 1.54) is 0 Å². The van der Waals surface area contributed by atoms with Crippen LogP contribution in [-0.4, -0.2) is 6.61 Å². The molecule has 1 unspecified atom stereocenters. The fourth-order valence-corrected chi connectivity index (χ4v) is 0.597. The van der Waals surface area contributed by atoms with Crippen LogP contribution in [0.15, 0.2) is 0 Å². The van der Waals surface area contributed by atoms with Crippen molar-refractivity contribution in [2.24, 2.45) is 0 Å². The van der Waals surface area contributed by atoms with E-state index in [9.17, 15) is 4.57 Å². The first kappa shape index (κ1) is 6.35. The fourth-order valence-electron chi connectivity index (χ4n) is 0.101. The van der Waals surface area contributed by atoms with Crippen molar-refractivity contribution >= 4 is 18.6 Å². The lowest BCUT2D eigenvalue weighted by Gasteiger charge is -1.83. The van der Waals surface area contributed by atoms with E-state index in [0.717, 1.165) is 0 Å². The van der Waals surface area contributed by atoms with Gasteiger partial charge in [0.25, 0.3) is 0 Å². The van der Waals surface area contributed by atoms with Crippen molar-refractivity contribution in [2.45, 2.75) is 6.92 Å². The molecule has 0 saturated carbocycles. The summed E-state index contributed by atoms with van der Waals surface area (Å²) >= 11 is 4.86. The van der Waals surface area contributed by atoms with E-state index in [1.807, 2.05) is 0 Å². The molecule has 6 heavy (non-hydrogen) atoms. The van der Waals surface area contributed by atoms with Crippen LogP contribution >= 0.6 is 18.6 Å². The summed E-state index contributed by atoms with van der Waals surface area (Å²) in [6, 6.07) is 0. The largest absolute Gasteiger partial charge is 0.315 e. The Morgan fingerprint density at radius 1 is 2.00 bits per heavy atom. The van der Waals surface area contributed by atoms with Crippen molar-refractivity contribution in [3.8, 4) is 0 Å². The van der Waals surface area contributed by atoms with Gasteiger partial charge in [-0.15, -0.1) is 0 Å². The van der Waals surface area contributed by atoms with Gasteiger partial charge in [-0.05, 0) is 6.92 Å². The lowest BCUT2D eigenvalue weighted by Crippen LogP contribution is -1.69. The molecule has 0 aliphatic rings. The maximum Gasteiger partial charge on any atom is 0.315 e. The van der Waals surface area contributed by atoms with Crippen molar-refractivity contribution in [1.29, 1.82) is 0 Å². The predicted molar refractivity (Wildman–Crippen MR) is 25.1 cm³/mol. The van der Waals surface area contributed by atoms with Gasteiger partial charge in [0.1, 0.15) is 0 Å². The number of rotatable bonds is 2. The summed E-state index contributed by atoms with van der Waals surface area (Å²) in [7, 11) is -1.88. The molecule has 0 fully saturated rings. The molecule has 0 aromatic rings. The van der Waals surface area contributed by atoms with E-state index >= 15 is 0 Å². The van der Waals surface area contributed by atoms with E-state index in [4.69, 9.17) is 11.2 Å². The number of hydrogen-bond acceptors (Lipinski definition) is 2. The van der Waals surface area contributed by atoms with Crippen molar-refractivity contribution < 1.29 is 9.09 Å². The zero-order valence-corrected chi connectivity index (χ0v) is 5.00. The van der Waals surface area contributed by atoms with Gasteiger partial charge in [0.15, 0.2) is 0 Å². The molecule has 0 aromatic heterocycles. The van der Waals surface area contributed by atoms with Crippen LogP contribution < -0.4 is 0 Å². The molecule has 2 nitrogen and oxygen atoms in total. The van der Waals surface area contributed by atoms with Gasteiger partial charge in [-0.25, -0.2) is 4.57 Å². The average Bonchev–Trinajstić information content (AvgIpc) is 1.35. The first-order chi connectivity index (χ1) is 2.77. The first-order valence-corrected chi connectivity index (χ1v) is 3.61. The van der Waals surface area contributed by atoms with Crippen molar-refractivity contribution in [1.82, 2.24) is 0 Å². The Kier molecular flexibility index (Phi) is 3.74. The predicted octanol–water partition coefficient (Wildman–Crippen LogP) is 1.92. The number of halogens is 1. The molecule has 0 heterocycles. The molecule has 1 atom stereocenters. The van der Waals surface area contributed by atoms with Crippen molar-refractivity contribution in [2.75, 3.05) is 6.61 Å². The van der Waals surface area contributed by atoms with Crippen LogP contribution in [0.2, 0.25) is 0 Å². The van der Waals surface area contributed by atoms with Crippen LogP contribution in [0, 0.1) is 0 Å². The number of hydrogen-bond donors (Lipinski definition) is 0. The molecule has 0 aliphatic carbocycles. The maximum absolute atomic E-state index is 9.74. The van der Waals surface area contributed by atoms with Crippen molar-refractivity contribution in [3.63, 3.8) is 0 Å². The molecule has 0 N–H and O–H groups in total. The van der Waals surface area contributed by atoms with Crippen LogP contribution in [0.1, 0.15) is 6.92 Å². The Labute approximate surface area is 42.1 Å². The maximum atomic E-state index is 9.74. The molecular weight excluding hydrogens is 122 g/mol. The Morgan fingerprint density at radius 2 is 2.50 bits per heavy atom. The van der Waals surface area contributed by atoms with Crippen LogP contribution in [0.25, 0.3) is 0 Å². The van der Waals surface area contributed by atoms with Crippen LogP contribution in [0.4, 0.5) is 0 Å². The van der Waals surface area contributed by atoms with E-state index in [-0.39, 0.29) is 0 Å². The van der Waals surface area contributed by atoms with Crippen LogP contribution in [0.3, 0.4) is 0 Å². The summed E-state index contributed by atoms with van der Waals surface area (Å²) in [5.74, 6) is 0. The van der Waals surface area contributed by atoms with Crippen LogP contribution in [-0.2, 0) is 9.09 Å². The minimum absolute atomic E-state index is 0.415. The standard InChI is InChI=1S/C2H5ClO2P/c1-2-5-6(3)4/h2H2,1H3. The molecule has 0 saturated heterocycles. The van der Waals surface area contributed by atoms with Gasteiger partial charge in [0.05, 0.1) is 6.61 Å².